The van der Waals surface area contributed by atoms with E-state index in [9.17, 15) is 19.1 Å². The standard InChI is InChI=1S/C22H24FN5O4/c1-12(29)21-17-6-14(15-8-24-13(2)25-9-15)4-5-18(17)28(26-21)11-20(30)27-10-16(23)7-19(27)22(31)32-3/h4-6,8-9,12,16,19,29H,7,10-11H2,1-3H3/t12?,16-,19?/m1/s1. The molecule has 9 nitrogen and oxygen atoms in total. The van der Waals surface area contributed by atoms with Gasteiger partial charge in [0.25, 0.3) is 0 Å². The number of amides is 1. The van der Waals surface area contributed by atoms with Crippen LogP contribution in [-0.4, -0.2) is 67.5 Å². The number of aromatic nitrogens is 4. The van der Waals surface area contributed by atoms with Gasteiger partial charge in [0.1, 0.15) is 24.6 Å². The highest BCUT2D eigenvalue weighted by atomic mass is 19.1. The fraction of sp³-hybridized carbons (Fsp3) is 0.409. The van der Waals surface area contributed by atoms with Crippen molar-refractivity contribution in [2.45, 2.75) is 45.1 Å². The number of aryl methyl sites for hydroxylation is 1. The van der Waals surface area contributed by atoms with Gasteiger partial charge in [0.15, 0.2) is 0 Å². The van der Waals surface area contributed by atoms with Crippen LogP contribution in [0.5, 0.6) is 0 Å². The van der Waals surface area contributed by atoms with Gasteiger partial charge in [0.05, 0.1) is 31.0 Å². The normalized spacial score (nSPS) is 19.3. The molecule has 1 aliphatic rings. The lowest BCUT2D eigenvalue weighted by Crippen LogP contribution is -2.42. The lowest BCUT2D eigenvalue weighted by molar-refractivity contribution is -0.151. The minimum absolute atomic E-state index is 0.0842. The highest BCUT2D eigenvalue weighted by molar-refractivity contribution is 5.89. The molecule has 3 aromatic rings. The van der Waals surface area contributed by atoms with Gasteiger partial charge < -0.3 is 14.7 Å². The summed E-state index contributed by atoms with van der Waals surface area (Å²) in [6, 6.07) is 4.57. The van der Waals surface area contributed by atoms with Crippen molar-refractivity contribution in [1.82, 2.24) is 24.6 Å². The molecule has 1 saturated heterocycles. The zero-order valence-corrected chi connectivity index (χ0v) is 18.0. The number of methoxy groups -OCH3 is 1. The quantitative estimate of drug-likeness (QED) is 0.603. The minimum atomic E-state index is -1.29. The molecule has 1 aromatic carbocycles. The zero-order chi connectivity index (χ0) is 23.0. The van der Waals surface area contributed by atoms with E-state index in [2.05, 4.69) is 15.1 Å². The number of aliphatic hydroxyl groups is 1. The Morgan fingerprint density at radius 2 is 2.00 bits per heavy atom. The van der Waals surface area contributed by atoms with E-state index in [1.165, 1.54) is 16.7 Å². The highest BCUT2D eigenvalue weighted by Crippen LogP contribution is 2.29. The van der Waals surface area contributed by atoms with Crippen LogP contribution in [0.15, 0.2) is 30.6 Å². The number of esters is 1. The Labute approximate surface area is 183 Å². The van der Waals surface area contributed by atoms with E-state index < -0.39 is 30.2 Å². The summed E-state index contributed by atoms with van der Waals surface area (Å²) in [5.74, 6) is -0.426. The van der Waals surface area contributed by atoms with Crippen molar-refractivity contribution < 1.29 is 23.8 Å². The van der Waals surface area contributed by atoms with Crippen LogP contribution in [0.2, 0.25) is 0 Å². The predicted octanol–water partition coefficient (Wildman–Crippen LogP) is 1.97. The Hall–Kier alpha value is -3.40. The van der Waals surface area contributed by atoms with Crippen molar-refractivity contribution in [3.63, 3.8) is 0 Å². The number of likely N-dealkylation sites (tertiary alicyclic amines) is 1. The molecule has 4 rings (SSSR count). The number of carbonyl (C=O) groups is 2. The van der Waals surface area contributed by atoms with Gasteiger partial charge in [-0.3, -0.25) is 9.48 Å². The van der Waals surface area contributed by atoms with Gasteiger partial charge in [-0.2, -0.15) is 5.10 Å². The average Bonchev–Trinajstić information content (AvgIpc) is 3.34. The lowest BCUT2D eigenvalue weighted by atomic mass is 10.0. The van der Waals surface area contributed by atoms with Gasteiger partial charge in [-0.25, -0.2) is 19.2 Å². The smallest absolute Gasteiger partial charge is 0.328 e. The first-order chi connectivity index (χ1) is 15.3. The maximum absolute atomic E-state index is 13.9. The van der Waals surface area contributed by atoms with Gasteiger partial charge >= 0.3 is 5.97 Å². The van der Waals surface area contributed by atoms with Crippen LogP contribution in [0.4, 0.5) is 4.39 Å². The molecule has 0 saturated carbocycles. The summed E-state index contributed by atoms with van der Waals surface area (Å²) in [5, 5.41) is 15.4. The third-order valence-electron chi connectivity index (χ3n) is 5.62. The number of hydrogen-bond acceptors (Lipinski definition) is 7. The Kier molecular flexibility index (Phi) is 5.88. The SMILES string of the molecule is COC(=O)C1C[C@@H](F)CN1C(=O)Cn1nc(C(C)O)c2cc(-c3cnc(C)nc3)ccc21. The maximum Gasteiger partial charge on any atom is 0.328 e. The first-order valence-electron chi connectivity index (χ1n) is 10.3. The molecule has 0 aliphatic carbocycles. The summed E-state index contributed by atoms with van der Waals surface area (Å²) < 4.78 is 20.1. The van der Waals surface area contributed by atoms with Crippen molar-refractivity contribution >= 4 is 22.8 Å². The number of benzene rings is 1. The van der Waals surface area contributed by atoms with Crippen LogP contribution in [0.1, 0.15) is 31.0 Å². The van der Waals surface area contributed by atoms with Crippen LogP contribution in [0.25, 0.3) is 22.0 Å². The summed E-state index contributed by atoms with van der Waals surface area (Å²) in [4.78, 5) is 34.6. The second-order valence-corrected chi connectivity index (χ2v) is 7.89. The molecule has 0 bridgehead atoms. The Morgan fingerprint density at radius 1 is 1.28 bits per heavy atom. The number of ether oxygens (including phenoxy) is 1. The summed E-state index contributed by atoms with van der Waals surface area (Å²) in [5.41, 5.74) is 2.70. The van der Waals surface area contributed by atoms with E-state index in [4.69, 9.17) is 4.74 Å². The summed E-state index contributed by atoms with van der Waals surface area (Å²) in [7, 11) is 1.21. The van der Waals surface area contributed by atoms with Crippen LogP contribution in [0, 0.1) is 6.92 Å². The molecular weight excluding hydrogens is 417 g/mol. The zero-order valence-electron chi connectivity index (χ0n) is 18.0. The number of hydrogen-bond donors (Lipinski definition) is 1. The number of alkyl halides is 1. The van der Waals surface area contributed by atoms with Gasteiger partial charge in [-0.05, 0) is 31.5 Å². The van der Waals surface area contributed by atoms with E-state index in [1.807, 2.05) is 12.1 Å². The molecule has 3 atom stereocenters. The lowest BCUT2D eigenvalue weighted by Gasteiger charge is -2.22. The fourth-order valence-electron chi connectivity index (χ4n) is 3.99. The fourth-order valence-corrected chi connectivity index (χ4v) is 3.99. The van der Waals surface area contributed by atoms with Crippen LogP contribution in [-0.2, 0) is 20.9 Å². The van der Waals surface area contributed by atoms with Gasteiger partial charge in [0, 0.05) is 29.8 Å². The number of rotatable bonds is 5. The summed E-state index contributed by atoms with van der Waals surface area (Å²) >= 11 is 0. The Bertz CT molecular complexity index is 1160. The second kappa shape index (κ2) is 8.62. The largest absolute Gasteiger partial charge is 0.467 e. The average molecular weight is 441 g/mol. The molecule has 32 heavy (non-hydrogen) atoms. The van der Waals surface area contributed by atoms with Crippen molar-refractivity contribution in [3.05, 3.63) is 42.1 Å². The number of nitrogens with zero attached hydrogens (tertiary/aromatic N) is 5. The van der Waals surface area contributed by atoms with E-state index in [-0.39, 0.29) is 19.5 Å². The number of aliphatic hydroxyl groups excluding tert-OH is 1. The second-order valence-electron chi connectivity index (χ2n) is 7.89. The molecule has 1 fully saturated rings. The number of carbonyl (C=O) groups excluding carboxylic acids is 2. The van der Waals surface area contributed by atoms with Gasteiger partial charge in [0.2, 0.25) is 5.91 Å². The van der Waals surface area contributed by atoms with Crippen LogP contribution < -0.4 is 0 Å². The molecular formula is C22H24FN5O4. The summed E-state index contributed by atoms with van der Waals surface area (Å²) in [6.07, 6.45) is 1.19. The molecule has 168 valence electrons. The van der Waals surface area contributed by atoms with Gasteiger partial charge in [-0.1, -0.05) is 6.07 Å². The number of fused-ring (bicyclic) bond motifs is 1. The Balaban J connectivity index is 1.68. The maximum atomic E-state index is 13.9. The van der Waals surface area contributed by atoms with Crippen LogP contribution in [0.3, 0.4) is 0 Å². The molecule has 10 heteroatoms. The van der Waals surface area contributed by atoms with Crippen molar-refractivity contribution in [1.29, 1.82) is 0 Å². The summed E-state index contributed by atoms with van der Waals surface area (Å²) in [6.45, 7) is 3.03. The van der Waals surface area contributed by atoms with E-state index in [0.717, 1.165) is 11.1 Å². The molecule has 1 aliphatic heterocycles. The highest BCUT2D eigenvalue weighted by Gasteiger charge is 2.40. The molecule has 2 unspecified atom stereocenters. The third kappa shape index (κ3) is 4.05. The van der Waals surface area contributed by atoms with Gasteiger partial charge in [-0.15, -0.1) is 0 Å². The van der Waals surface area contributed by atoms with Crippen LogP contribution >= 0.6 is 0 Å². The monoisotopic (exact) mass is 441 g/mol. The minimum Gasteiger partial charge on any atom is -0.467 e. The Morgan fingerprint density at radius 3 is 2.66 bits per heavy atom. The molecule has 2 aromatic heterocycles. The topological polar surface area (TPSA) is 110 Å². The molecule has 1 N–H and O–H groups in total. The van der Waals surface area contributed by atoms with E-state index in [0.29, 0.717) is 22.4 Å². The first kappa shape index (κ1) is 21.8. The number of halogens is 1. The predicted molar refractivity (Wildman–Crippen MR) is 113 cm³/mol. The van der Waals surface area contributed by atoms with E-state index >= 15 is 0 Å². The molecule has 3 heterocycles. The molecule has 1 amide bonds. The van der Waals surface area contributed by atoms with Crippen molar-refractivity contribution in [3.8, 4) is 11.1 Å². The third-order valence-corrected chi connectivity index (χ3v) is 5.62. The van der Waals surface area contributed by atoms with E-state index in [1.54, 1.807) is 32.3 Å². The molecule has 0 radical (unpaired) electrons. The van der Waals surface area contributed by atoms with Crippen molar-refractivity contribution in [2.24, 2.45) is 0 Å². The first-order valence-corrected chi connectivity index (χ1v) is 10.3. The van der Waals surface area contributed by atoms with Crippen molar-refractivity contribution in [2.75, 3.05) is 13.7 Å². The molecule has 0 spiro atoms.